The molecule has 0 spiro atoms. The number of nitrogens with one attached hydrogen (secondary N) is 2. The molecule has 8 nitrogen and oxygen atoms in total. The first kappa shape index (κ1) is 52.4. The molecule has 4 N–H and O–H groups in total. The summed E-state index contributed by atoms with van der Waals surface area (Å²) in [6.07, 6.45) is 37.1. The lowest BCUT2D eigenvalue weighted by molar-refractivity contribution is -0.126. The van der Waals surface area contributed by atoms with E-state index in [1.54, 1.807) is 0 Å². The first-order valence-corrected chi connectivity index (χ1v) is 23.7. The van der Waals surface area contributed by atoms with Gasteiger partial charge in [-0.3, -0.25) is 4.79 Å². The minimum Gasteiger partial charge on any atom is -0.445 e. The van der Waals surface area contributed by atoms with E-state index in [1.807, 2.05) is 13.8 Å². The van der Waals surface area contributed by atoms with Crippen molar-refractivity contribution in [2.45, 2.75) is 251 Å². The summed E-state index contributed by atoms with van der Waals surface area (Å²) in [4.78, 5) is 37.9. The number of thiol groups is 1. The molecule has 54 heavy (non-hydrogen) atoms. The number of rotatable bonds is 40. The number of carbonyl (C=O) groups excluding carboxylic acids is 3. The quantitative estimate of drug-likeness (QED) is 0.0364. The van der Waals surface area contributed by atoms with Crippen molar-refractivity contribution < 1.29 is 23.9 Å². The maximum Gasteiger partial charge on any atom is 0.407 e. The van der Waals surface area contributed by atoms with Gasteiger partial charge in [0.05, 0.1) is 11.2 Å². The van der Waals surface area contributed by atoms with Gasteiger partial charge in [-0.25, -0.2) is 9.59 Å². The fraction of sp³-hybridized carbons (Fsp3) is 0.933. The molecule has 4 atom stereocenters. The maximum absolute atomic E-state index is 12.6. The van der Waals surface area contributed by atoms with Gasteiger partial charge in [-0.15, -0.1) is 0 Å². The van der Waals surface area contributed by atoms with E-state index in [-0.39, 0.29) is 0 Å². The van der Waals surface area contributed by atoms with Crippen LogP contribution in [0.3, 0.4) is 0 Å². The number of nitrogens with two attached hydrogens (primary N) is 1. The molecule has 0 aromatic rings. The summed E-state index contributed by atoms with van der Waals surface area (Å²) in [5.74, 6) is -1.53. The Morgan fingerprint density at radius 1 is 0.444 bits per heavy atom. The minimum absolute atomic E-state index is 0.388. The Morgan fingerprint density at radius 2 is 0.704 bits per heavy atom. The molecule has 0 aromatic heterocycles. The van der Waals surface area contributed by atoms with Crippen molar-refractivity contribution in [1.82, 2.24) is 10.6 Å². The van der Waals surface area contributed by atoms with Gasteiger partial charge in [0.15, 0.2) is 0 Å². The van der Waals surface area contributed by atoms with Crippen molar-refractivity contribution in [3.63, 3.8) is 0 Å². The average Bonchev–Trinajstić information content (AvgIpc) is 3.16. The molecule has 0 fully saturated rings. The van der Waals surface area contributed by atoms with Crippen LogP contribution in [0.25, 0.3) is 0 Å². The third-order valence-corrected chi connectivity index (χ3v) is 11.6. The highest BCUT2D eigenvalue weighted by molar-refractivity contribution is 7.81. The van der Waals surface area contributed by atoms with Crippen LogP contribution in [0.15, 0.2) is 0 Å². The number of primary amides is 1. The van der Waals surface area contributed by atoms with Crippen molar-refractivity contribution in [1.29, 1.82) is 0 Å². The first-order chi connectivity index (χ1) is 26.3. The second-order valence-corrected chi connectivity index (χ2v) is 16.5. The molecular formula is C45H89N3O5S. The number of amides is 3. The average molecular weight is 784 g/mol. The fourth-order valence-corrected chi connectivity index (χ4v) is 7.95. The Labute approximate surface area is 339 Å². The van der Waals surface area contributed by atoms with Gasteiger partial charge >= 0.3 is 12.2 Å². The van der Waals surface area contributed by atoms with Crippen molar-refractivity contribution in [2.75, 3.05) is 13.1 Å². The summed E-state index contributed by atoms with van der Waals surface area (Å²) >= 11 is 4.68. The van der Waals surface area contributed by atoms with E-state index in [9.17, 15) is 14.4 Å². The van der Waals surface area contributed by atoms with Crippen molar-refractivity contribution >= 4 is 30.7 Å². The molecule has 3 amide bonds. The lowest BCUT2D eigenvalue weighted by atomic mass is 9.91. The van der Waals surface area contributed by atoms with Crippen LogP contribution in [-0.4, -0.2) is 48.6 Å². The predicted octanol–water partition coefficient (Wildman–Crippen LogP) is 13.1. The zero-order valence-electron chi connectivity index (χ0n) is 35.9. The van der Waals surface area contributed by atoms with Gasteiger partial charge in [0.2, 0.25) is 5.91 Å². The normalized spacial score (nSPS) is 13.6. The smallest absolute Gasteiger partial charge is 0.407 e. The van der Waals surface area contributed by atoms with Gasteiger partial charge in [0.1, 0.15) is 12.2 Å². The number of alkyl carbamates (subject to hydrolysis) is 2. The number of hydrogen-bond donors (Lipinski definition) is 4. The van der Waals surface area contributed by atoms with E-state index in [2.05, 4.69) is 37.1 Å². The number of hydrogen-bond acceptors (Lipinski definition) is 6. The third-order valence-electron chi connectivity index (χ3n) is 10.9. The SMILES string of the molecule is CCCCCCCCCCCCCCCCCNC(=O)OC(CC)C(S)C(C(N)=O)C(CC)OC(=O)NCCCCCCCCCCCCCCCCC. The molecule has 0 heterocycles. The number of unbranched alkanes of at least 4 members (excludes halogenated alkanes) is 28. The van der Waals surface area contributed by atoms with E-state index in [4.69, 9.17) is 15.2 Å². The van der Waals surface area contributed by atoms with E-state index in [1.165, 1.54) is 167 Å². The van der Waals surface area contributed by atoms with Gasteiger partial charge in [-0.2, -0.15) is 12.6 Å². The molecule has 0 aromatic carbocycles. The Kier molecular flexibility index (Phi) is 38.4. The standard InChI is InChI=1S/C45H89N3O5S/c1-5-9-11-13-15-17-19-21-23-25-27-29-31-33-35-37-47-44(50)52-39(7-3)41(43(46)49)42(54)40(8-4)53-45(51)48-38-36-34-32-30-28-26-24-22-20-18-16-14-12-10-6-2/h39-42,54H,5-38H2,1-4H3,(H2,46,49)(H,47,50)(H,48,51). The summed E-state index contributed by atoms with van der Waals surface area (Å²) in [7, 11) is 0. The van der Waals surface area contributed by atoms with Gasteiger partial charge in [0, 0.05) is 13.1 Å². The van der Waals surface area contributed by atoms with E-state index < -0.39 is 41.5 Å². The molecule has 0 radical (unpaired) electrons. The fourth-order valence-electron chi connectivity index (χ4n) is 7.34. The molecule has 0 aliphatic carbocycles. The molecule has 320 valence electrons. The molecule has 0 aliphatic rings. The predicted molar refractivity (Wildman–Crippen MR) is 232 cm³/mol. The van der Waals surface area contributed by atoms with E-state index in [0.717, 1.165) is 25.7 Å². The van der Waals surface area contributed by atoms with Crippen LogP contribution in [0.1, 0.15) is 233 Å². The molecule has 0 bridgehead atoms. The summed E-state index contributed by atoms with van der Waals surface area (Å²) < 4.78 is 11.4. The monoisotopic (exact) mass is 784 g/mol. The van der Waals surface area contributed by atoms with Gasteiger partial charge < -0.3 is 25.8 Å². The maximum atomic E-state index is 12.6. The van der Waals surface area contributed by atoms with Crippen LogP contribution in [-0.2, 0) is 14.3 Å². The van der Waals surface area contributed by atoms with Crippen molar-refractivity contribution in [3.05, 3.63) is 0 Å². The molecule has 0 rings (SSSR count). The summed E-state index contributed by atoms with van der Waals surface area (Å²) in [5.41, 5.74) is 5.80. The Morgan fingerprint density at radius 3 is 0.963 bits per heavy atom. The van der Waals surface area contributed by atoms with Gasteiger partial charge in [0.25, 0.3) is 0 Å². The van der Waals surface area contributed by atoms with E-state index >= 15 is 0 Å². The molecule has 0 aliphatic heterocycles. The molecule has 0 saturated carbocycles. The number of carbonyl (C=O) groups is 3. The third kappa shape index (κ3) is 31.6. The molecular weight excluding hydrogens is 695 g/mol. The highest BCUT2D eigenvalue weighted by atomic mass is 32.1. The molecule has 9 heteroatoms. The van der Waals surface area contributed by atoms with Crippen LogP contribution in [0.5, 0.6) is 0 Å². The van der Waals surface area contributed by atoms with Crippen LogP contribution in [0.4, 0.5) is 9.59 Å². The van der Waals surface area contributed by atoms with Gasteiger partial charge in [-0.05, 0) is 25.7 Å². The van der Waals surface area contributed by atoms with E-state index in [0.29, 0.717) is 25.9 Å². The van der Waals surface area contributed by atoms with Crippen LogP contribution < -0.4 is 16.4 Å². The second kappa shape index (κ2) is 39.6. The topological polar surface area (TPSA) is 120 Å². The summed E-state index contributed by atoms with van der Waals surface area (Å²) in [5, 5.41) is 4.97. The van der Waals surface area contributed by atoms with Crippen molar-refractivity contribution in [2.24, 2.45) is 11.7 Å². The second-order valence-electron chi connectivity index (χ2n) is 15.9. The summed E-state index contributed by atoms with van der Waals surface area (Å²) in [6, 6.07) is 0. The number of ether oxygens (including phenoxy) is 2. The highest BCUT2D eigenvalue weighted by Crippen LogP contribution is 2.26. The van der Waals surface area contributed by atoms with Crippen LogP contribution in [0.2, 0.25) is 0 Å². The Bertz CT molecular complexity index is 863. The molecule has 0 saturated heterocycles. The van der Waals surface area contributed by atoms with Gasteiger partial charge in [-0.1, -0.05) is 207 Å². The van der Waals surface area contributed by atoms with Crippen LogP contribution in [0, 0.1) is 5.92 Å². The Hall–Kier alpha value is -1.64. The largest absolute Gasteiger partial charge is 0.445 e. The lowest BCUT2D eigenvalue weighted by Gasteiger charge is -2.32. The zero-order valence-corrected chi connectivity index (χ0v) is 36.8. The molecule has 4 unspecified atom stereocenters. The highest BCUT2D eigenvalue weighted by Gasteiger charge is 2.39. The van der Waals surface area contributed by atoms with Crippen molar-refractivity contribution in [3.8, 4) is 0 Å². The first-order valence-electron chi connectivity index (χ1n) is 23.2. The lowest BCUT2D eigenvalue weighted by Crippen LogP contribution is -2.48. The summed E-state index contributed by atoms with van der Waals surface area (Å²) in [6.45, 7) is 9.33. The zero-order chi connectivity index (χ0) is 39.9. The van der Waals surface area contributed by atoms with Crippen LogP contribution >= 0.6 is 12.6 Å². The minimum atomic E-state index is -0.900. The Balaban J connectivity index is 4.15.